The number of aromatic carboxylic acids is 2. The van der Waals surface area contributed by atoms with E-state index in [9.17, 15) is 29.4 Å². The number of esters is 1. The summed E-state index contributed by atoms with van der Waals surface area (Å²) < 4.78 is 10.0. The third-order valence-corrected chi connectivity index (χ3v) is 3.75. The summed E-state index contributed by atoms with van der Waals surface area (Å²) in [6.45, 7) is 0. The van der Waals surface area contributed by atoms with Crippen LogP contribution in [0.25, 0.3) is 11.1 Å². The average molecular weight is 384 g/mol. The number of benzene rings is 1. The fourth-order valence-electron chi connectivity index (χ4n) is 2.58. The zero-order valence-electron chi connectivity index (χ0n) is 14.0. The Hall–Kier alpha value is -4.34. The van der Waals surface area contributed by atoms with Crippen molar-refractivity contribution >= 4 is 23.7 Å². The summed E-state index contributed by atoms with van der Waals surface area (Å²) in [5.41, 5.74) is 2.93. The Balaban J connectivity index is 2.06. The number of furan rings is 1. The van der Waals surface area contributed by atoms with Crippen LogP contribution in [-0.2, 0) is 0 Å². The number of rotatable bonds is 5. The molecule has 0 aliphatic carbocycles. The van der Waals surface area contributed by atoms with Crippen molar-refractivity contribution < 1.29 is 33.8 Å². The van der Waals surface area contributed by atoms with Gasteiger partial charge in [0.05, 0.1) is 6.26 Å². The lowest BCUT2D eigenvalue weighted by atomic mass is 9.95. The molecule has 10 nitrogen and oxygen atoms in total. The van der Waals surface area contributed by atoms with Gasteiger partial charge in [-0.1, -0.05) is 12.1 Å². The van der Waals surface area contributed by atoms with Crippen LogP contribution in [0, 0.1) is 0 Å². The van der Waals surface area contributed by atoms with Crippen LogP contribution in [0.2, 0.25) is 0 Å². The molecule has 1 aromatic carbocycles. The Kier molecular flexibility index (Phi) is 4.69. The fourth-order valence-corrected chi connectivity index (χ4v) is 2.58. The minimum atomic E-state index is -1.62. The van der Waals surface area contributed by atoms with Gasteiger partial charge in [-0.3, -0.25) is 4.79 Å². The van der Waals surface area contributed by atoms with Crippen molar-refractivity contribution in [2.75, 3.05) is 5.73 Å². The van der Waals surface area contributed by atoms with E-state index < -0.39 is 40.4 Å². The van der Waals surface area contributed by atoms with Gasteiger partial charge in [-0.25, -0.2) is 14.4 Å². The van der Waals surface area contributed by atoms with Gasteiger partial charge < -0.3 is 30.1 Å². The topological polar surface area (TPSA) is 173 Å². The molecular weight excluding hydrogens is 372 g/mol. The van der Waals surface area contributed by atoms with Gasteiger partial charge >= 0.3 is 17.9 Å². The molecule has 0 spiro atoms. The first-order chi connectivity index (χ1) is 13.3. The highest BCUT2D eigenvalue weighted by atomic mass is 16.5. The molecule has 0 bridgehead atoms. The number of carboxylic acid groups (broad SMARTS) is 2. The predicted molar refractivity (Wildman–Crippen MR) is 94.5 cm³/mol. The normalized spacial score (nSPS) is 10.4. The fraction of sp³-hybridized carbons (Fsp3) is 0. The number of ether oxygens (including phenoxy) is 1. The van der Waals surface area contributed by atoms with Crippen LogP contribution in [0.1, 0.15) is 31.3 Å². The number of aromatic amines is 1. The monoisotopic (exact) mass is 384 g/mol. The van der Waals surface area contributed by atoms with Crippen molar-refractivity contribution in [3.63, 3.8) is 0 Å². The molecular formula is C18H12N2O8. The molecule has 2 aromatic heterocycles. The molecule has 142 valence electrons. The van der Waals surface area contributed by atoms with Crippen molar-refractivity contribution in [1.29, 1.82) is 0 Å². The molecule has 0 fully saturated rings. The van der Waals surface area contributed by atoms with Gasteiger partial charge in [-0.15, -0.1) is 0 Å². The van der Waals surface area contributed by atoms with E-state index in [0.717, 1.165) is 0 Å². The summed E-state index contributed by atoms with van der Waals surface area (Å²) in [6.07, 6.45) is 1.30. The number of H-pyrrole nitrogens is 1. The minimum absolute atomic E-state index is 0.0206. The van der Waals surface area contributed by atoms with Crippen LogP contribution in [0.3, 0.4) is 0 Å². The first-order valence-electron chi connectivity index (χ1n) is 7.68. The lowest BCUT2D eigenvalue weighted by Crippen LogP contribution is -2.24. The minimum Gasteiger partial charge on any atom is -0.478 e. The lowest BCUT2D eigenvalue weighted by molar-refractivity contribution is 0.0686. The smallest absolute Gasteiger partial charge is 0.379 e. The van der Waals surface area contributed by atoms with E-state index in [4.69, 9.17) is 14.9 Å². The number of nitrogen functional groups attached to an aromatic ring is 1. The molecule has 0 amide bonds. The molecule has 2 heterocycles. The molecule has 28 heavy (non-hydrogen) atoms. The van der Waals surface area contributed by atoms with Crippen LogP contribution in [0.5, 0.6) is 5.75 Å². The summed E-state index contributed by atoms with van der Waals surface area (Å²) in [5.74, 6) is -4.29. The molecule has 0 radical (unpaired) electrons. The predicted octanol–water partition coefficient (Wildman–Crippen LogP) is 1.83. The highest BCUT2D eigenvalue weighted by Crippen LogP contribution is 2.30. The van der Waals surface area contributed by atoms with Crippen molar-refractivity contribution in [2.45, 2.75) is 0 Å². The van der Waals surface area contributed by atoms with Gasteiger partial charge in [0.25, 0.3) is 5.56 Å². The number of carbonyl (C=O) groups excluding carboxylic acids is 1. The Labute approximate surface area is 155 Å². The summed E-state index contributed by atoms with van der Waals surface area (Å²) in [4.78, 5) is 49.0. The zero-order chi connectivity index (χ0) is 20.4. The SMILES string of the molecule is Nc1[nH]c(=O)c(C(=O)O)c(-c2ccc(OC(=O)c3ccco3)cc2)c1C(=O)O. The van der Waals surface area contributed by atoms with Crippen LogP contribution in [0.4, 0.5) is 5.82 Å². The third-order valence-electron chi connectivity index (χ3n) is 3.75. The first-order valence-corrected chi connectivity index (χ1v) is 7.68. The maximum absolute atomic E-state index is 12.0. The van der Waals surface area contributed by atoms with Crippen LogP contribution in [-0.4, -0.2) is 33.1 Å². The van der Waals surface area contributed by atoms with Gasteiger partial charge in [0.15, 0.2) is 0 Å². The van der Waals surface area contributed by atoms with Crippen molar-refractivity contribution in [3.8, 4) is 16.9 Å². The van der Waals surface area contributed by atoms with Crippen LogP contribution >= 0.6 is 0 Å². The molecule has 0 aliphatic rings. The summed E-state index contributed by atoms with van der Waals surface area (Å²) in [5, 5.41) is 18.8. The first kappa shape index (κ1) is 18.5. The molecule has 0 aliphatic heterocycles. The molecule has 0 saturated carbocycles. The van der Waals surface area contributed by atoms with E-state index in [1.54, 1.807) is 0 Å². The molecule has 10 heteroatoms. The summed E-state index contributed by atoms with van der Waals surface area (Å²) in [7, 11) is 0. The van der Waals surface area contributed by atoms with Gasteiger partial charge in [0, 0.05) is 5.56 Å². The molecule has 3 aromatic rings. The number of nitrogens with one attached hydrogen (secondary N) is 1. The van der Waals surface area contributed by atoms with E-state index in [0.29, 0.717) is 0 Å². The number of anilines is 1. The van der Waals surface area contributed by atoms with Crippen LogP contribution in [0.15, 0.2) is 51.9 Å². The average Bonchev–Trinajstić information content (AvgIpc) is 3.15. The molecule has 0 saturated heterocycles. The number of aromatic nitrogens is 1. The lowest BCUT2D eigenvalue weighted by Gasteiger charge is -2.12. The van der Waals surface area contributed by atoms with E-state index in [1.807, 2.05) is 4.98 Å². The quantitative estimate of drug-likeness (QED) is 0.378. The van der Waals surface area contributed by atoms with Crippen molar-refractivity contribution in [1.82, 2.24) is 4.98 Å². The molecule has 5 N–H and O–H groups in total. The highest BCUT2D eigenvalue weighted by molar-refractivity contribution is 6.07. The van der Waals surface area contributed by atoms with E-state index in [-0.39, 0.29) is 22.6 Å². The second-order valence-corrected chi connectivity index (χ2v) is 5.49. The van der Waals surface area contributed by atoms with Gasteiger partial charge in [0.1, 0.15) is 22.7 Å². The summed E-state index contributed by atoms with van der Waals surface area (Å²) >= 11 is 0. The zero-order valence-corrected chi connectivity index (χ0v) is 14.0. The number of hydrogen-bond donors (Lipinski definition) is 4. The van der Waals surface area contributed by atoms with Crippen LogP contribution < -0.4 is 16.0 Å². The number of nitrogens with two attached hydrogens (primary N) is 1. The molecule has 3 rings (SSSR count). The summed E-state index contributed by atoms with van der Waals surface area (Å²) in [6, 6.07) is 8.15. The Morgan fingerprint density at radius 3 is 2.18 bits per heavy atom. The highest BCUT2D eigenvalue weighted by Gasteiger charge is 2.26. The molecule has 0 atom stereocenters. The number of pyridine rings is 1. The maximum Gasteiger partial charge on any atom is 0.379 e. The van der Waals surface area contributed by atoms with Gasteiger partial charge in [-0.05, 0) is 29.8 Å². The second-order valence-electron chi connectivity index (χ2n) is 5.49. The largest absolute Gasteiger partial charge is 0.478 e. The Bertz CT molecular complexity index is 1130. The van der Waals surface area contributed by atoms with Gasteiger partial charge in [0.2, 0.25) is 5.76 Å². The van der Waals surface area contributed by atoms with Crippen molar-refractivity contribution in [2.24, 2.45) is 0 Å². The number of carbonyl (C=O) groups is 3. The van der Waals surface area contributed by atoms with E-state index in [2.05, 4.69) is 0 Å². The Morgan fingerprint density at radius 1 is 1.00 bits per heavy atom. The van der Waals surface area contributed by atoms with E-state index >= 15 is 0 Å². The second kappa shape index (κ2) is 7.11. The standard InChI is InChI=1S/C18H12N2O8/c19-14-12(16(22)23)11(13(17(24)25)15(21)20-14)8-3-5-9(6-4-8)28-18(26)10-2-1-7-27-10/h1-7H,(H,22,23)(H,24,25)(H3,19,20,21). The number of carboxylic acids is 2. The van der Waals surface area contributed by atoms with Crippen molar-refractivity contribution in [3.05, 3.63) is 69.9 Å². The molecule has 0 unspecified atom stereocenters. The third kappa shape index (κ3) is 3.33. The Morgan fingerprint density at radius 2 is 1.64 bits per heavy atom. The van der Waals surface area contributed by atoms with Gasteiger partial charge in [-0.2, -0.15) is 0 Å². The maximum atomic E-state index is 12.0. The van der Waals surface area contributed by atoms with E-state index in [1.165, 1.54) is 42.7 Å². The number of hydrogen-bond acceptors (Lipinski definition) is 7.